The predicted octanol–water partition coefficient (Wildman–Crippen LogP) is 2.15. The van der Waals surface area contributed by atoms with Crippen molar-refractivity contribution in [3.63, 3.8) is 0 Å². The fourth-order valence-electron chi connectivity index (χ4n) is 1.21. The minimum atomic E-state index is -1.26. The summed E-state index contributed by atoms with van der Waals surface area (Å²) in [6.45, 7) is 4.14. The van der Waals surface area contributed by atoms with Gasteiger partial charge in [0.25, 0.3) is 0 Å². The van der Waals surface area contributed by atoms with Crippen molar-refractivity contribution >= 4 is 11.7 Å². The molecule has 80 valence electrons. The van der Waals surface area contributed by atoms with Gasteiger partial charge in [-0.1, -0.05) is 6.08 Å². The molecule has 0 aromatic heterocycles. The summed E-state index contributed by atoms with van der Waals surface area (Å²) in [6.07, 6.45) is 1.68. The zero-order valence-corrected chi connectivity index (χ0v) is 8.40. The number of likely N-dealkylation sites (N-methyl/N-ethyl adjacent to an activating group) is 1. The SMILES string of the molecule is C=CCN(C)c1ccc(C(=O)O)c(F)c1. The Balaban J connectivity index is 3.00. The third-order valence-electron chi connectivity index (χ3n) is 2.03. The first kappa shape index (κ1) is 11.2. The molecule has 3 nitrogen and oxygen atoms in total. The van der Waals surface area contributed by atoms with E-state index in [9.17, 15) is 9.18 Å². The summed E-state index contributed by atoms with van der Waals surface area (Å²) in [4.78, 5) is 12.3. The van der Waals surface area contributed by atoms with Crippen molar-refractivity contribution in [3.8, 4) is 0 Å². The van der Waals surface area contributed by atoms with Crippen molar-refractivity contribution in [2.24, 2.45) is 0 Å². The number of hydrogen-bond donors (Lipinski definition) is 1. The lowest BCUT2D eigenvalue weighted by atomic mass is 10.2. The van der Waals surface area contributed by atoms with Crippen LogP contribution in [0, 0.1) is 5.82 Å². The van der Waals surface area contributed by atoms with E-state index in [0.717, 1.165) is 0 Å². The minimum Gasteiger partial charge on any atom is -0.478 e. The van der Waals surface area contributed by atoms with Gasteiger partial charge in [-0.2, -0.15) is 0 Å². The Morgan fingerprint density at radius 1 is 1.67 bits per heavy atom. The molecule has 1 aromatic rings. The van der Waals surface area contributed by atoms with Crippen LogP contribution < -0.4 is 4.90 Å². The zero-order valence-electron chi connectivity index (χ0n) is 8.40. The van der Waals surface area contributed by atoms with Crippen molar-refractivity contribution in [1.29, 1.82) is 0 Å². The maximum absolute atomic E-state index is 13.3. The van der Waals surface area contributed by atoms with Gasteiger partial charge in [-0.15, -0.1) is 6.58 Å². The smallest absolute Gasteiger partial charge is 0.338 e. The summed E-state index contributed by atoms with van der Waals surface area (Å²) >= 11 is 0. The highest BCUT2D eigenvalue weighted by Crippen LogP contribution is 2.17. The first-order valence-corrected chi connectivity index (χ1v) is 4.41. The first-order chi connectivity index (χ1) is 7.06. The summed E-state index contributed by atoms with van der Waals surface area (Å²) in [5.41, 5.74) is 0.308. The molecule has 15 heavy (non-hydrogen) atoms. The van der Waals surface area contributed by atoms with E-state index in [2.05, 4.69) is 6.58 Å². The molecule has 0 fully saturated rings. The second-order valence-electron chi connectivity index (χ2n) is 3.14. The van der Waals surface area contributed by atoms with E-state index >= 15 is 0 Å². The summed E-state index contributed by atoms with van der Waals surface area (Å²) in [7, 11) is 1.77. The molecule has 0 saturated carbocycles. The van der Waals surface area contributed by atoms with Gasteiger partial charge >= 0.3 is 5.97 Å². The molecule has 0 bridgehead atoms. The number of benzene rings is 1. The second-order valence-corrected chi connectivity index (χ2v) is 3.14. The van der Waals surface area contributed by atoms with Gasteiger partial charge in [-0.05, 0) is 18.2 Å². The van der Waals surface area contributed by atoms with Crippen LogP contribution >= 0.6 is 0 Å². The highest BCUT2D eigenvalue weighted by molar-refractivity contribution is 5.88. The van der Waals surface area contributed by atoms with E-state index < -0.39 is 11.8 Å². The number of carboxylic acids is 1. The number of carbonyl (C=O) groups is 1. The monoisotopic (exact) mass is 209 g/mol. The second kappa shape index (κ2) is 4.59. The Hall–Kier alpha value is -1.84. The lowest BCUT2D eigenvalue weighted by molar-refractivity contribution is 0.0692. The maximum Gasteiger partial charge on any atom is 0.338 e. The number of rotatable bonds is 4. The molecule has 1 rings (SSSR count). The van der Waals surface area contributed by atoms with Crippen LogP contribution in [-0.4, -0.2) is 24.7 Å². The Morgan fingerprint density at radius 3 is 2.80 bits per heavy atom. The van der Waals surface area contributed by atoms with Gasteiger partial charge in [0.15, 0.2) is 0 Å². The van der Waals surface area contributed by atoms with Crippen LogP contribution in [0.4, 0.5) is 10.1 Å². The van der Waals surface area contributed by atoms with Crippen molar-refractivity contribution in [1.82, 2.24) is 0 Å². The molecule has 0 amide bonds. The largest absolute Gasteiger partial charge is 0.478 e. The standard InChI is InChI=1S/C11H12FNO2/c1-3-6-13(2)8-4-5-9(11(14)15)10(12)7-8/h3-5,7H,1,6H2,2H3,(H,14,15). The van der Waals surface area contributed by atoms with Gasteiger partial charge in [0.05, 0.1) is 5.56 Å². The van der Waals surface area contributed by atoms with E-state index in [4.69, 9.17) is 5.11 Å². The van der Waals surface area contributed by atoms with Crippen LogP contribution in [0.1, 0.15) is 10.4 Å². The Kier molecular flexibility index (Phi) is 3.44. The summed E-state index contributed by atoms with van der Waals surface area (Å²) in [5, 5.41) is 8.63. The van der Waals surface area contributed by atoms with Gasteiger partial charge in [-0.3, -0.25) is 0 Å². The van der Waals surface area contributed by atoms with Crippen molar-refractivity contribution < 1.29 is 14.3 Å². The Morgan fingerprint density at radius 2 is 2.33 bits per heavy atom. The molecule has 0 saturated heterocycles. The summed E-state index contributed by atoms with van der Waals surface area (Å²) in [6, 6.07) is 4.02. The topological polar surface area (TPSA) is 40.5 Å². The maximum atomic E-state index is 13.3. The molecule has 0 spiro atoms. The molecule has 0 atom stereocenters. The quantitative estimate of drug-likeness (QED) is 0.772. The molecule has 0 aliphatic heterocycles. The highest BCUT2D eigenvalue weighted by atomic mass is 19.1. The van der Waals surface area contributed by atoms with Crippen molar-refractivity contribution in [2.45, 2.75) is 0 Å². The molecule has 0 aliphatic carbocycles. The zero-order chi connectivity index (χ0) is 11.4. The van der Waals surface area contributed by atoms with Crippen LogP contribution in [0.25, 0.3) is 0 Å². The lowest BCUT2D eigenvalue weighted by Crippen LogP contribution is -2.17. The van der Waals surface area contributed by atoms with E-state index in [0.29, 0.717) is 12.2 Å². The molecular weight excluding hydrogens is 197 g/mol. The van der Waals surface area contributed by atoms with Crippen LogP contribution in [0.3, 0.4) is 0 Å². The van der Waals surface area contributed by atoms with Gasteiger partial charge in [0.1, 0.15) is 5.82 Å². The Bertz CT molecular complexity index is 390. The fraction of sp³-hybridized carbons (Fsp3) is 0.182. The van der Waals surface area contributed by atoms with E-state index in [1.54, 1.807) is 24.1 Å². The molecule has 0 radical (unpaired) electrons. The molecule has 4 heteroatoms. The molecule has 0 aliphatic rings. The van der Waals surface area contributed by atoms with Gasteiger partial charge in [0, 0.05) is 19.3 Å². The average molecular weight is 209 g/mol. The van der Waals surface area contributed by atoms with Gasteiger partial charge < -0.3 is 10.0 Å². The minimum absolute atomic E-state index is 0.314. The van der Waals surface area contributed by atoms with Gasteiger partial charge in [0.2, 0.25) is 0 Å². The van der Waals surface area contributed by atoms with Crippen LogP contribution in [0.15, 0.2) is 30.9 Å². The first-order valence-electron chi connectivity index (χ1n) is 4.41. The summed E-state index contributed by atoms with van der Waals surface area (Å²) in [5.74, 6) is -1.98. The number of nitrogens with zero attached hydrogens (tertiary/aromatic N) is 1. The average Bonchev–Trinajstić information content (AvgIpc) is 2.17. The van der Waals surface area contributed by atoms with Crippen molar-refractivity contribution in [2.75, 3.05) is 18.5 Å². The number of aromatic carboxylic acids is 1. The molecular formula is C11H12FNO2. The third-order valence-corrected chi connectivity index (χ3v) is 2.03. The number of hydrogen-bond acceptors (Lipinski definition) is 2. The molecule has 0 heterocycles. The fourth-order valence-corrected chi connectivity index (χ4v) is 1.21. The number of halogens is 1. The van der Waals surface area contributed by atoms with E-state index in [1.165, 1.54) is 12.1 Å². The van der Waals surface area contributed by atoms with Gasteiger partial charge in [-0.25, -0.2) is 9.18 Å². The van der Waals surface area contributed by atoms with Crippen LogP contribution in [0.5, 0.6) is 0 Å². The Labute approximate surface area is 87.4 Å². The summed E-state index contributed by atoms with van der Waals surface area (Å²) < 4.78 is 13.3. The predicted molar refractivity (Wildman–Crippen MR) is 56.8 cm³/mol. The molecule has 1 aromatic carbocycles. The number of anilines is 1. The normalized spacial score (nSPS) is 9.73. The highest BCUT2D eigenvalue weighted by Gasteiger charge is 2.11. The van der Waals surface area contributed by atoms with Crippen LogP contribution in [-0.2, 0) is 0 Å². The van der Waals surface area contributed by atoms with E-state index in [-0.39, 0.29) is 5.56 Å². The van der Waals surface area contributed by atoms with E-state index in [1.807, 2.05) is 0 Å². The van der Waals surface area contributed by atoms with Crippen molar-refractivity contribution in [3.05, 3.63) is 42.2 Å². The molecule has 1 N–H and O–H groups in total. The molecule has 0 unspecified atom stereocenters. The number of carboxylic acid groups (broad SMARTS) is 1. The lowest BCUT2D eigenvalue weighted by Gasteiger charge is -2.17. The third kappa shape index (κ3) is 2.56. The van der Waals surface area contributed by atoms with Crippen LogP contribution in [0.2, 0.25) is 0 Å².